The molecule has 0 aromatic heterocycles. The van der Waals surface area contributed by atoms with Crippen LogP contribution in [0.2, 0.25) is 0 Å². The fourth-order valence-corrected chi connectivity index (χ4v) is 2.46. The molecule has 19 heavy (non-hydrogen) atoms. The fourth-order valence-electron chi connectivity index (χ4n) is 1.82. The fraction of sp³-hybridized carbons (Fsp3) is 0.462. The molecule has 0 saturated carbocycles. The van der Waals surface area contributed by atoms with Gasteiger partial charge < -0.3 is 19.3 Å². The van der Waals surface area contributed by atoms with E-state index in [1.165, 1.54) is 11.8 Å². The summed E-state index contributed by atoms with van der Waals surface area (Å²) in [7, 11) is 0. The van der Waals surface area contributed by atoms with Crippen molar-refractivity contribution in [3.8, 4) is 11.5 Å². The second-order valence-corrected chi connectivity index (χ2v) is 4.74. The van der Waals surface area contributed by atoms with Crippen molar-refractivity contribution in [3.05, 3.63) is 17.7 Å². The lowest BCUT2D eigenvalue weighted by Gasteiger charge is -2.22. The van der Waals surface area contributed by atoms with E-state index in [4.69, 9.17) is 14.2 Å². The quantitative estimate of drug-likeness (QED) is 0.671. The molecule has 1 aliphatic heterocycles. The monoisotopic (exact) mass is 284 g/mol. The molecule has 6 heteroatoms. The van der Waals surface area contributed by atoms with Crippen molar-refractivity contribution in [2.45, 2.75) is 17.9 Å². The molecule has 104 valence electrons. The Morgan fingerprint density at radius 2 is 2.05 bits per heavy atom. The molecule has 1 unspecified atom stereocenters. The zero-order valence-corrected chi connectivity index (χ0v) is 11.7. The Morgan fingerprint density at radius 3 is 2.63 bits per heavy atom. The van der Waals surface area contributed by atoms with E-state index in [1.807, 2.05) is 6.26 Å². The number of rotatable bonds is 4. The predicted octanol–water partition coefficient (Wildman–Crippen LogP) is 1.78. The molecule has 0 radical (unpaired) electrons. The molecule has 1 atom stereocenters. The minimum Gasteiger partial charge on any atom is -0.486 e. The van der Waals surface area contributed by atoms with Gasteiger partial charge in [-0.1, -0.05) is 0 Å². The number of aliphatic hydroxyl groups is 1. The number of carbonyl (C=O) groups is 1. The minimum atomic E-state index is -1.31. The van der Waals surface area contributed by atoms with Crippen LogP contribution in [-0.2, 0) is 9.53 Å². The molecule has 2 rings (SSSR count). The van der Waals surface area contributed by atoms with E-state index in [1.54, 1.807) is 19.1 Å². The first-order valence-corrected chi connectivity index (χ1v) is 7.22. The van der Waals surface area contributed by atoms with Crippen LogP contribution in [-0.4, -0.2) is 37.2 Å². The molecular formula is C13H16O5S. The van der Waals surface area contributed by atoms with Gasteiger partial charge in [-0.05, 0) is 25.3 Å². The molecule has 0 amide bonds. The van der Waals surface area contributed by atoms with Crippen LogP contribution in [0.15, 0.2) is 17.0 Å². The van der Waals surface area contributed by atoms with Gasteiger partial charge in [-0.15, -0.1) is 11.8 Å². The highest BCUT2D eigenvalue weighted by molar-refractivity contribution is 7.98. The van der Waals surface area contributed by atoms with E-state index in [2.05, 4.69) is 0 Å². The summed E-state index contributed by atoms with van der Waals surface area (Å²) in [6.07, 6.45) is 0.561. The first kappa shape index (κ1) is 14.0. The van der Waals surface area contributed by atoms with Crippen molar-refractivity contribution in [2.75, 3.05) is 26.1 Å². The van der Waals surface area contributed by atoms with Gasteiger partial charge in [0.25, 0.3) is 0 Å². The molecule has 1 aliphatic rings. The third kappa shape index (κ3) is 2.96. The summed E-state index contributed by atoms with van der Waals surface area (Å²) in [5.41, 5.74) is 0.482. The molecule has 0 spiro atoms. The molecule has 1 aromatic carbocycles. The average Bonchev–Trinajstić information content (AvgIpc) is 2.45. The first-order chi connectivity index (χ1) is 9.17. The third-order valence-electron chi connectivity index (χ3n) is 2.70. The van der Waals surface area contributed by atoms with Gasteiger partial charge >= 0.3 is 5.97 Å². The molecule has 0 aliphatic carbocycles. The molecular weight excluding hydrogens is 268 g/mol. The van der Waals surface area contributed by atoms with Crippen LogP contribution < -0.4 is 9.47 Å². The maximum atomic E-state index is 11.6. The van der Waals surface area contributed by atoms with Crippen LogP contribution in [0, 0.1) is 0 Å². The van der Waals surface area contributed by atoms with Crippen LogP contribution in [0.4, 0.5) is 0 Å². The Bertz CT molecular complexity index is 474. The summed E-state index contributed by atoms with van der Waals surface area (Å²) in [6.45, 7) is 2.89. The lowest BCUT2D eigenvalue weighted by molar-refractivity contribution is -0.153. The van der Waals surface area contributed by atoms with Crippen LogP contribution >= 0.6 is 11.8 Å². The van der Waals surface area contributed by atoms with Crippen LogP contribution in [0.1, 0.15) is 18.6 Å². The number of ether oxygens (including phenoxy) is 3. The maximum absolute atomic E-state index is 11.6. The zero-order valence-electron chi connectivity index (χ0n) is 10.8. The largest absolute Gasteiger partial charge is 0.486 e. The van der Waals surface area contributed by atoms with Gasteiger partial charge in [0.2, 0.25) is 0 Å². The smallest absolute Gasteiger partial charge is 0.339 e. The second-order valence-electron chi connectivity index (χ2n) is 3.89. The first-order valence-electron chi connectivity index (χ1n) is 5.99. The molecule has 0 fully saturated rings. The highest BCUT2D eigenvalue weighted by atomic mass is 32.2. The lowest BCUT2D eigenvalue weighted by Crippen LogP contribution is -2.19. The Kier molecular flexibility index (Phi) is 4.55. The van der Waals surface area contributed by atoms with E-state index in [0.29, 0.717) is 30.3 Å². The zero-order chi connectivity index (χ0) is 13.8. The van der Waals surface area contributed by atoms with Crippen molar-refractivity contribution in [1.82, 2.24) is 0 Å². The Labute approximate surface area is 115 Å². The van der Waals surface area contributed by atoms with Crippen molar-refractivity contribution in [3.63, 3.8) is 0 Å². The minimum absolute atomic E-state index is 0.231. The topological polar surface area (TPSA) is 65.0 Å². The van der Waals surface area contributed by atoms with Gasteiger partial charge in [-0.2, -0.15) is 0 Å². The summed E-state index contributed by atoms with van der Waals surface area (Å²) in [5, 5.41) is 10.0. The van der Waals surface area contributed by atoms with Crippen molar-refractivity contribution in [2.24, 2.45) is 0 Å². The number of fused-ring (bicyclic) bond motifs is 1. The molecule has 0 bridgehead atoms. The van der Waals surface area contributed by atoms with E-state index in [-0.39, 0.29) is 6.61 Å². The third-order valence-corrected chi connectivity index (χ3v) is 3.49. The van der Waals surface area contributed by atoms with E-state index in [0.717, 1.165) is 4.90 Å². The van der Waals surface area contributed by atoms with Gasteiger partial charge in [-0.25, -0.2) is 4.79 Å². The van der Waals surface area contributed by atoms with Crippen molar-refractivity contribution >= 4 is 17.7 Å². The maximum Gasteiger partial charge on any atom is 0.339 e. The van der Waals surface area contributed by atoms with Crippen molar-refractivity contribution < 1.29 is 24.1 Å². The number of aliphatic hydroxyl groups excluding tert-OH is 1. The summed E-state index contributed by atoms with van der Waals surface area (Å²) >= 11 is 1.43. The standard InChI is InChI=1S/C13H16O5S/c1-3-16-13(15)12(14)8-6-9-10(7-11(8)19-2)18-5-4-17-9/h6-7,12,14H,3-5H2,1-2H3. The van der Waals surface area contributed by atoms with E-state index < -0.39 is 12.1 Å². The van der Waals surface area contributed by atoms with Gasteiger partial charge in [0.05, 0.1) is 6.61 Å². The number of hydrogen-bond donors (Lipinski definition) is 1. The van der Waals surface area contributed by atoms with Gasteiger partial charge in [0.1, 0.15) is 13.2 Å². The molecule has 1 heterocycles. The number of esters is 1. The number of benzene rings is 1. The highest BCUT2D eigenvalue weighted by Gasteiger charge is 2.25. The molecule has 1 N–H and O–H groups in total. The molecule has 5 nitrogen and oxygen atoms in total. The Morgan fingerprint density at radius 1 is 1.42 bits per heavy atom. The van der Waals surface area contributed by atoms with Gasteiger partial charge in [-0.3, -0.25) is 0 Å². The number of carbonyl (C=O) groups excluding carboxylic acids is 1. The van der Waals surface area contributed by atoms with Crippen LogP contribution in [0.25, 0.3) is 0 Å². The summed E-state index contributed by atoms with van der Waals surface area (Å²) in [6, 6.07) is 3.42. The lowest BCUT2D eigenvalue weighted by atomic mass is 10.1. The highest BCUT2D eigenvalue weighted by Crippen LogP contribution is 2.39. The number of thioether (sulfide) groups is 1. The molecule has 0 saturated heterocycles. The average molecular weight is 284 g/mol. The van der Waals surface area contributed by atoms with Crippen LogP contribution in [0.3, 0.4) is 0 Å². The second kappa shape index (κ2) is 6.16. The Hall–Kier alpha value is -1.40. The predicted molar refractivity (Wildman–Crippen MR) is 70.8 cm³/mol. The summed E-state index contributed by atoms with van der Waals surface area (Å²) in [5.74, 6) is 0.521. The van der Waals surface area contributed by atoms with Crippen LogP contribution in [0.5, 0.6) is 11.5 Å². The number of hydrogen-bond acceptors (Lipinski definition) is 6. The van der Waals surface area contributed by atoms with Crippen molar-refractivity contribution in [1.29, 1.82) is 0 Å². The van der Waals surface area contributed by atoms with E-state index >= 15 is 0 Å². The summed E-state index contributed by atoms with van der Waals surface area (Å²) < 4.78 is 15.8. The Balaban J connectivity index is 2.35. The van der Waals surface area contributed by atoms with Gasteiger partial charge in [0.15, 0.2) is 17.6 Å². The SMILES string of the molecule is CCOC(=O)C(O)c1cc2c(cc1SC)OCCO2. The normalized spacial score (nSPS) is 14.9. The van der Waals surface area contributed by atoms with Gasteiger partial charge in [0, 0.05) is 10.5 Å². The molecule has 1 aromatic rings. The summed E-state index contributed by atoms with van der Waals surface area (Å²) in [4.78, 5) is 12.4. The van der Waals surface area contributed by atoms with E-state index in [9.17, 15) is 9.90 Å².